The van der Waals surface area contributed by atoms with E-state index in [1.54, 1.807) is 0 Å². The van der Waals surface area contributed by atoms with Crippen LogP contribution in [0.3, 0.4) is 0 Å². The molecule has 0 saturated heterocycles. The Balaban J connectivity index is 1.03. The lowest BCUT2D eigenvalue weighted by atomic mass is 10.0. The first-order valence-electron chi connectivity index (χ1n) is 19.5. The summed E-state index contributed by atoms with van der Waals surface area (Å²) in [5, 5.41) is 7.64. The van der Waals surface area contributed by atoms with E-state index < -0.39 is 0 Å². The SMILES string of the molecule is c1ccc(-c2ccc(-c3ccc(-n4c5ccccc5c5ccc6c7ccccc7n(-c7ccc(-c8cccc9c8sc8ccccc89)cc7)c6c54)cc3)cc2)cc1. The van der Waals surface area contributed by atoms with Crippen LogP contribution in [0, 0.1) is 0 Å². The first-order chi connectivity index (χ1) is 28.3. The number of para-hydroxylation sites is 2. The molecule has 0 bridgehead atoms. The summed E-state index contributed by atoms with van der Waals surface area (Å²) in [5.74, 6) is 0. The molecule has 0 radical (unpaired) electrons. The molecule has 3 aromatic heterocycles. The zero-order chi connectivity index (χ0) is 37.5. The first kappa shape index (κ1) is 32.1. The third-order valence-corrected chi connectivity index (χ3v) is 13.0. The lowest BCUT2D eigenvalue weighted by Gasteiger charge is -2.14. The van der Waals surface area contributed by atoms with Gasteiger partial charge in [-0.2, -0.15) is 0 Å². The molecule has 0 aliphatic carbocycles. The van der Waals surface area contributed by atoms with Gasteiger partial charge in [0.2, 0.25) is 0 Å². The van der Waals surface area contributed by atoms with E-state index in [1.165, 1.54) is 97.2 Å². The van der Waals surface area contributed by atoms with E-state index >= 15 is 0 Å². The molecule has 2 nitrogen and oxygen atoms in total. The van der Waals surface area contributed by atoms with Crippen molar-refractivity contribution in [3.8, 4) is 44.8 Å². The summed E-state index contributed by atoms with van der Waals surface area (Å²) in [6.07, 6.45) is 0. The second-order valence-electron chi connectivity index (χ2n) is 14.9. The van der Waals surface area contributed by atoms with Gasteiger partial charge < -0.3 is 9.13 Å². The van der Waals surface area contributed by atoms with Crippen LogP contribution in [0.2, 0.25) is 0 Å². The molecule has 0 aliphatic rings. The highest BCUT2D eigenvalue weighted by Gasteiger charge is 2.21. The number of aromatic nitrogens is 2. The Labute approximate surface area is 333 Å². The van der Waals surface area contributed by atoms with Crippen molar-refractivity contribution in [1.82, 2.24) is 9.13 Å². The Hall–Kier alpha value is -7.20. The number of hydrogen-bond donors (Lipinski definition) is 0. The average molecular weight is 743 g/mol. The molecule has 0 fully saturated rings. The Morgan fingerprint density at radius 1 is 0.281 bits per heavy atom. The number of hydrogen-bond acceptors (Lipinski definition) is 1. The van der Waals surface area contributed by atoms with Crippen LogP contribution in [0.25, 0.3) is 109 Å². The number of nitrogens with zero attached hydrogens (tertiary/aromatic N) is 2. The number of fused-ring (bicyclic) bond motifs is 10. The van der Waals surface area contributed by atoms with Crippen molar-refractivity contribution < 1.29 is 0 Å². The van der Waals surface area contributed by atoms with Gasteiger partial charge in [-0.3, -0.25) is 0 Å². The Bertz CT molecular complexity index is 3470. The topological polar surface area (TPSA) is 9.86 Å². The fourth-order valence-electron chi connectivity index (χ4n) is 9.09. The second kappa shape index (κ2) is 12.7. The highest BCUT2D eigenvalue weighted by molar-refractivity contribution is 7.26. The van der Waals surface area contributed by atoms with E-state index in [2.05, 4.69) is 215 Å². The van der Waals surface area contributed by atoms with E-state index in [0.29, 0.717) is 0 Å². The minimum absolute atomic E-state index is 1.14. The third kappa shape index (κ3) is 4.96. The Morgan fingerprint density at radius 3 is 1.30 bits per heavy atom. The van der Waals surface area contributed by atoms with Gasteiger partial charge in [0.15, 0.2) is 0 Å². The molecule has 0 saturated carbocycles. The van der Waals surface area contributed by atoms with Crippen LogP contribution in [-0.2, 0) is 0 Å². The van der Waals surface area contributed by atoms with Gasteiger partial charge in [-0.25, -0.2) is 0 Å². The summed E-state index contributed by atoms with van der Waals surface area (Å²) in [6.45, 7) is 0. The van der Waals surface area contributed by atoms with E-state index in [1.807, 2.05) is 11.3 Å². The molecular weight excluding hydrogens is 709 g/mol. The standard InChI is InChI=1S/C54H34N2S/c1-2-11-35(12-3-1)36-21-23-37(24-22-36)38-25-29-40(30-26-38)55-49-18-7-4-13-43(49)46-33-34-47-44-14-5-8-19-50(44)56(53(47)52(46)55)41-31-27-39(28-32-41)42-16-10-17-48-45-15-6-9-20-51(45)57-54(42)48/h1-34H. The van der Waals surface area contributed by atoms with Gasteiger partial charge in [-0.05, 0) is 75.8 Å². The molecule has 266 valence electrons. The predicted molar refractivity (Wildman–Crippen MR) is 244 cm³/mol. The van der Waals surface area contributed by atoms with E-state index in [9.17, 15) is 0 Å². The van der Waals surface area contributed by atoms with Crippen molar-refractivity contribution in [2.45, 2.75) is 0 Å². The number of benzene rings is 9. The van der Waals surface area contributed by atoms with Gasteiger partial charge in [-0.15, -0.1) is 11.3 Å². The summed E-state index contributed by atoms with van der Waals surface area (Å²) in [7, 11) is 0. The molecule has 3 heterocycles. The van der Waals surface area contributed by atoms with Gasteiger partial charge in [0.05, 0.1) is 22.1 Å². The monoisotopic (exact) mass is 742 g/mol. The lowest BCUT2D eigenvalue weighted by molar-refractivity contribution is 1.15. The van der Waals surface area contributed by atoms with Crippen molar-refractivity contribution >= 4 is 75.1 Å². The highest BCUT2D eigenvalue weighted by atomic mass is 32.1. The summed E-state index contributed by atoms with van der Waals surface area (Å²) >= 11 is 1.88. The molecule has 0 amide bonds. The number of thiophene rings is 1. The van der Waals surface area contributed by atoms with Crippen molar-refractivity contribution in [2.24, 2.45) is 0 Å². The summed E-state index contributed by atoms with van der Waals surface area (Å²) in [5.41, 5.74) is 14.5. The predicted octanol–water partition coefficient (Wildman–Crippen LogP) is 15.2. The molecule has 3 heteroatoms. The minimum atomic E-state index is 1.14. The quantitative estimate of drug-likeness (QED) is 0.166. The Morgan fingerprint density at radius 2 is 0.719 bits per heavy atom. The molecule has 9 aromatic carbocycles. The van der Waals surface area contributed by atoms with Gasteiger partial charge in [0, 0.05) is 53.1 Å². The molecule has 0 N–H and O–H groups in total. The van der Waals surface area contributed by atoms with Crippen molar-refractivity contribution in [1.29, 1.82) is 0 Å². The molecule has 12 rings (SSSR count). The van der Waals surface area contributed by atoms with Crippen molar-refractivity contribution in [3.63, 3.8) is 0 Å². The fraction of sp³-hybridized carbons (Fsp3) is 0. The van der Waals surface area contributed by atoms with Gasteiger partial charge in [-0.1, -0.05) is 164 Å². The summed E-state index contributed by atoms with van der Waals surface area (Å²) < 4.78 is 7.62. The third-order valence-electron chi connectivity index (χ3n) is 11.8. The summed E-state index contributed by atoms with van der Waals surface area (Å²) in [4.78, 5) is 0. The Kier molecular flexibility index (Phi) is 7.13. The molecule has 0 unspecified atom stereocenters. The molecular formula is C54H34N2S. The maximum Gasteiger partial charge on any atom is 0.0788 e. The van der Waals surface area contributed by atoms with Crippen LogP contribution in [0.4, 0.5) is 0 Å². The maximum atomic E-state index is 2.48. The normalized spacial score (nSPS) is 11.9. The lowest BCUT2D eigenvalue weighted by Crippen LogP contribution is -1.99. The van der Waals surface area contributed by atoms with E-state index in [-0.39, 0.29) is 0 Å². The van der Waals surface area contributed by atoms with Gasteiger partial charge in [0.25, 0.3) is 0 Å². The van der Waals surface area contributed by atoms with Crippen LogP contribution < -0.4 is 0 Å². The molecule has 57 heavy (non-hydrogen) atoms. The van der Waals surface area contributed by atoms with Crippen LogP contribution in [-0.4, -0.2) is 9.13 Å². The second-order valence-corrected chi connectivity index (χ2v) is 15.9. The molecule has 0 aliphatic heterocycles. The van der Waals surface area contributed by atoms with Crippen LogP contribution in [0.15, 0.2) is 206 Å². The zero-order valence-corrected chi connectivity index (χ0v) is 31.7. The van der Waals surface area contributed by atoms with Crippen molar-refractivity contribution in [3.05, 3.63) is 206 Å². The zero-order valence-electron chi connectivity index (χ0n) is 30.9. The largest absolute Gasteiger partial charge is 0.307 e. The smallest absolute Gasteiger partial charge is 0.0788 e. The summed E-state index contributed by atoms with van der Waals surface area (Å²) in [6, 6.07) is 75.5. The molecule has 12 aromatic rings. The minimum Gasteiger partial charge on any atom is -0.307 e. The highest BCUT2D eigenvalue weighted by Crippen LogP contribution is 2.43. The van der Waals surface area contributed by atoms with Gasteiger partial charge >= 0.3 is 0 Å². The van der Waals surface area contributed by atoms with E-state index in [4.69, 9.17) is 0 Å². The average Bonchev–Trinajstić information content (AvgIpc) is 3.95. The van der Waals surface area contributed by atoms with Gasteiger partial charge in [0.1, 0.15) is 0 Å². The van der Waals surface area contributed by atoms with Crippen molar-refractivity contribution in [2.75, 3.05) is 0 Å². The van der Waals surface area contributed by atoms with Crippen LogP contribution >= 0.6 is 11.3 Å². The first-order valence-corrected chi connectivity index (χ1v) is 20.3. The van der Waals surface area contributed by atoms with Crippen LogP contribution in [0.5, 0.6) is 0 Å². The van der Waals surface area contributed by atoms with Crippen LogP contribution in [0.1, 0.15) is 0 Å². The number of rotatable bonds is 5. The molecule has 0 atom stereocenters. The fourth-order valence-corrected chi connectivity index (χ4v) is 10.3. The van der Waals surface area contributed by atoms with E-state index in [0.717, 1.165) is 11.4 Å². The molecule has 0 spiro atoms. The maximum absolute atomic E-state index is 2.48.